The van der Waals surface area contributed by atoms with E-state index in [0.29, 0.717) is 31.9 Å². The Labute approximate surface area is 191 Å². The number of anilines is 1. The van der Waals surface area contributed by atoms with E-state index in [1.165, 1.54) is 12.1 Å². The van der Waals surface area contributed by atoms with Gasteiger partial charge in [0.2, 0.25) is 5.91 Å². The highest BCUT2D eigenvalue weighted by Gasteiger charge is 2.29. The minimum absolute atomic E-state index is 0.0694. The Morgan fingerprint density at radius 2 is 1.72 bits per heavy atom. The molecule has 2 aromatic rings. The summed E-state index contributed by atoms with van der Waals surface area (Å²) in [6.07, 6.45) is 0. The quantitative estimate of drug-likeness (QED) is 0.730. The van der Waals surface area contributed by atoms with Crippen LogP contribution in [0.3, 0.4) is 0 Å². The molecule has 1 atom stereocenters. The zero-order valence-corrected chi connectivity index (χ0v) is 19.0. The van der Waals surface area contributed by atoms with Crippen molar-refractivity contribution in [2.45, 2.75) is 26.8 Å². The molecular weight excluding hydrogens is 435 g/mol. The number of hydrogen-bond donors (Lipinski definition) is 2. The van der Waals surface area contributed by atoms with Gasteiger partial charge in [0, 0.05) is 31.9 Å². The van der Waals surface area contributed by atoms with Crippen LogP contribution in [0, 0.1) is 19.7 Å². The van der Waals surface area contributed by atoms with Gasteiger partial charge in [0.25, 0.3) is 5.91 Å². The fourth-order valence-electron chi connectivity index (χ4n) is 3.64. The van der Waals surface area contributed by atoms with Crippen molar-refractivity contribution in [3.05, 3.63) is 63.9 Å². The fourth-order valence-corrected chi connectivity index (χ4v) is 3.88. The maximum Gasteiger partial charge on any atom is 0.325 e. The lowest BCUT2D eigenvalue weighted by Gasteiger charge is -2.37. The van der Waals surface area contributed by atoms with E-state index in [4.69, 9.17) is 11.6 Å². The number of rotatable bonds is 4. The Hall–Kier alpha value is -2.97. The van der Waals surface area contributed by atoms with Crippen molar-refractivity contribution in [1.29, 1.82) is 0 Å². The number of amides is 4. The van der Waals surface area contributed by atoms with Gasteiger partial charge in [-0.2, -0.15) is 0 Å². The van der Waals surface area contributed by atoms with E-state index < -0.39 is 23.8 Å². The highest BCUT2D eigenvalue weighted by atomic mass is 35.5. The van der Waals surface area contributed by atoms with Crippen molar-refractivity contribution in [1.82, 2.24) is 15.1 Å². The minimum Gasteiger partial charge on any atom is -0.336 e. The molecule has 1 fully saturated rings. The molecular formula is C23H26ClFN4O3. The fraction of sp³-hybridized carbons (Fsp3) is 0.348. The lowest BCUT2D eigenvalue weighted by molar-refractivity contribution is -0.125. The second-order valence-corrected chi connectivity index (χ2v) is 8.30. The van der Waals surface area contributed by atoms with Gasteiger partial charge in [0.1, 0.15) is 5.82 Å². The van der Waals surface area contributed by atoms with Crippen molar-refractivity contribution in [3.8, 4) is 0 Å². The predicted molar refractivity (Wildman–Crippen MR) is 121 cm³/mol. The zero-order valence-electron chi connectivity index (χ0n) is 18.2. The molecule has 2 aromatic carbocycles. The Morgan fingerprint density at radius 3 is 2.34 bits per heavy atom. The number of nitrogens with one attached hydrogen (secondary N) is 2. The Kier molecular flexibility index (Phi) is 7.48. The van der Waals surface area contributed by atoms with E-state index in [1.54, 1.807) is 17.9 Å². The van der Waals surface area contributed by atoms with Crippen LogP contribution in [0.4, 0.5) is 14.9 Å². The number of nitrogens with zero attached hydrogens (tertiary/aromatic N) is 2. The molecule has 1 aliphatic heterocycles. The van der Waals surface area contributed by atoms with Gasteiger partial charge in [-0.3, -0.25) is 19.8 Å². The molecule has 0 radical (unpaired) electrons. The van der Waals surface area contributed by atoms with Crippen molar-refractivity contribution < 1.29 is 18.8 Å². The molecule has 9 heteroatoms. The first-order valence-corrected chi connectivity index (χ1v) is 10.7. The third-order valence-corrected chi connectivity index (χ3v) is 5.87. The average Bonchev–Trinajstić information content (AvgIpc) is 2.75. The van der Waals surface area contributed by atoms with Gasteiger partial charge in [0.05, 0.1) is 16.6 Å². The first-order valence-electron chi connectivity index (χ1n) is 10.3. The normalized spacial score (nSPS) is 15.2. The second kappa shape index (κ2) is 10.1. The van der Waals surface area contributed by atoms with Gasteiger partial charge in [0.15, 0.2) is 0 Å². The minimum atomic E-state index is -0.589. The molecule has 1 saturated heterocycles. The van der Waals surface area contributed by atoms with E-state index in [9.17, 15) is 18.8 Å². The highest BCUT2D eigenvalue weighted by Crippen LogP contribution is 2.20. The van der Waals surface area contributed by atoms with Crippen LogP contribution in [0.1, 0.15) is 28.4 Å². The molecule has 1 heterocycles. The first kappa shape index (κ1) is 23.7. The standard InChI is InChI=1S/C23H26ClFN4O3/c1-14-4-7-20(15(2)12-14)26-23(32)27-21(30)16(3)28-8-10-29(11-9-28)22(31)18-6-5-17(25)13-19(18)24/h4-7,12-13,16H,8-11H2,1-3H3,(H2,26,27,30,32). The molecule has 0 saturated carbocycles. The molecule has 2 N–H and O–H groups in total. The number of piperazine rings is 1. The molecule has 0 spiro atoms. The van der Waals surface area contributed by atoms with Crippen LogP contribution in [-0.4, -0.2) is 59.9 Å². The van der Waals surface area contributed by atoms with Crippen LogP contribution in [0.25, 0.3) is 0 Å². The van der Waals surface area contributed by atoms with Crippen LogP contribution < -0.4 is 10.6 Å². The van der Waals surface area contributed by atoms with Gasteiger partial charge in [-0.15, -0.1) is 0 Å². The summed E-state index contributed by atoms with van der Waals surface area (Å²) in [5.41, 5.74) is 2.87. The molecule has 1 aliphatic rings. The summed E-state index contributed by atoms with van der Waals surface area (Å²) in [7, 11) is 0. The maximum atomic E-state index is 13.2. The van der Waals surface area contributed by atoms with E-state index in [1.807, 2.05) is 30.9 Å². The maximum absolute atomic E-state index is 13.2. The van der Waals surface area contributed by atoms with Gasteiger partial charge >= 0.3 is 6.03 Å². The molecule has 4 amide bonds. The van der Waals surface area contributed by atoms with Crippen LogP contribution in [0.2, 0.25) is 5.02 Å². The number of carbonyl (C=O) groups excluding carboxylic acids is 3. The molecule has 0 aromatic heterocycles. The summed E-state index contributed by atoms with van der Waals surface area (Å²) in [4.78, 5) is 41.0. The second-order valence-electron chi connectivity index (χ2n) is 7.89. The van der Waals surface area contributed by atoms with Crippen molar-refractivity contribution in [2.24, 2.45) is 0 Å². The van der Waals surface area contributed by atoms with E-state index in [0.717, 1.165) is 17.2 Å². The van der Waals surface area contributed by atoms with Gasteiger partial charge in [-0.1, -0.05) is 29.3 Å². The number of hydrogen-bond acceptors (Lipinski definition) is 4. The number of imide groups is 1. The monoisotopic (exact) mass is 460 g/mol. The van der Waals surface area contributed by atoms with Crippen molar-refractivity contribution >= 4 is 35.1 Å². The lowest BCUT2D eigenvalue weighted by atomic mass is 10.1. The van der Waals surface area contributed by atoms with E-state index >= 15 is 0 Å². The molecule has 32 heavy (non-hydrogen) atoms. The molecule has 7 nitrogen and oxygen atoms in total. The topological polar surface area (TPSA) is 81.8 Å². The van der Waals surface area contributed by atoms with Crippen LogP contribution in [-0.2, 0) is 4.79 Å². The van der Waals surface area contributed by atoms with Crippen molar-refractivity contribution in [2.75, 3.05) is 31.5 Å². The average molecular weight is 461 g/mol. The third-order valence-electron chi connectivity index (χ3n) is 5.56. The molecule has 3 rings (SSSR count). The van der Waals surface area contributed by atoms with E-state index in [2.05, 4.69) is 10.6 Å². The summed E-state index contributed by atoms with van der Waals surface area (Å²) < 4.78 is 13.2. The summed E-state index contributed by atoms with van der Waals surface area (Å²) in [5, 5.41) is 5.14. The Balaban J connectivity index is 1.51. The molecule has 0 bridgehead atoms. The predicted octanol–water partition coefficient (Wildman–Crippen LogP) is 3.59. The number of aryl methyl sites for hydroxylation is 2. The third kappa shape index (κ3) is 5.63. The highest BCUT2D eigenvalue weighted by molar-refractivity contribution is 6.33. The molecule has 0 aliphatic carbocycles. The number of carbonyl (C=O) groups is 3. The number of urea groups is 1. The summed E-state index contributed by atoms with van der Waals surface area (Å²) in [6.45, 7) is 7.25. The summed E-state index contributed by atoms with van der Waals surface area (Å²) in [5.74, 6) is -1.20. The van der Waals surface area contributed by atoms with Crippen LogP contribution >= 0.6 is 11.6 Å². The first-order chi connectivity index (χ1) is 15.2. The SMILES string of the molecule is Cc1ccc(NC(=O)NC(=O)C(C)N2CCN(C(=O)c3ccc(F)cc3Cl)CC2)c(C)c1. The Morgan fingerprint density at radius 1 is 1.03 bits per heavy atom. The van der Waals surface area contributed by atoms with Gasteiger partial charge in [-0.25, -0.2) is 9.18 Å². The smallest absolute Gasteiger partial charge is 0.325 e. The van der Waals surface area contributed by atoms with Crippen LogP contribution in [0.15, 0.2) is 36.4 Å². The van der Waals surface area contributed by atoms with Gasteiger partial charge in [-0.05, 0) is 50.6 Å². The number of benzene rings is 2. The number of halogens is 2. The summed E-state index contributed by atoms with van der Waals surface area (Å²) in [6, 6.07) is 8.16. The van der Waals surface area contributed by atoms with E-state index in [-0.39, 0.29) is 16.5 Å². The largest absolute Gasteiger partial charge is 0.336 e. The zero-order chi connectivity index (χ0) is 23.4. The van der Waals surface area contributed by atoms with Crippen molar-refractivity contribution in [3.63, 3.8) is 0 Å². The molecule has 1 unspecified atom stereocenters. The lowest BCUT2D eigenvalue weighted by Crippen LogP contribution is -2.55. The Bertz CT molecular complexity index is 1040. The van der Waals surface area contributed by atoms with Crippen LogP contribution in [0.5, 0.6) is 0 Å². The molecule has 170 valence electrons. The summed E-state index contributed by atoms with van der Waals surface area (Å²) >= 11 is 6.00. The van der Waals surface area contributed by atoms with Gasteiger partial charge < -0.3 is 10.2 Å².